The third kappa shape index (κ3) is 3.76. The fraction of sp³-hybridized carbons (Fsp3) is 0.560. The van der Waals surface area contributed by atoms with Crippen LogP contribution in [-0.4, -0.2) is 58.5 Å². The van der Waals surface area contributed by atoms with Crippen molar-refractivity contribution < 1.29 is 9.53 Å². The molecule has 4 atom stereocenters. The van der Waals surface area contributed by atoms with E-state index in [1.807, 2.05) is 25.5 Å². The molecule has 3 aromatic rings. The molecular formula is C25H32N4O2. The quantitative estimate of drug-likeness (QED) is 0.643. The number of Topliss-reactive ketones (excluding diaryl/α,β-unsaturated/α-hetero) is 1. The number of aromatic nitrogens is 3. The molecule has 3 aromatic heterocycles. The van der Waals surface area contributed by atoms with E-state index in [0.29, 0.717) is 30.1 Å². The molecule has 0 radical (unpaired) electrons. The average Bonchev–Trinajstić information content (AvgIpc) is 3.47. The summed E-state index contributed by atoms with van der Waals surface area (Å²) in [6, 6.07) is 4.63. The molecule has 1 saturated heterocycles. The highest BCUT2D eigenvalue weighted by Gasteiger charge is 2.40. The van der Waals surface area contributed by atoms with Crippen LogP contribution in [-0.2, 0) is 9.53 Å². The molecule has 1 N–H and O–H groups in total. The molecule has 5 rings (SSSR count). The van der Waals surface area contributed by atoms with Crippen LogP contribution in [0.2, 0.25) is 0 Å². The molecule has 6 heteroatoms. The predicted octanol–water partition coefficient (Wildman–Crippen LogP) is 4.31. The van der Waals surface area contributed by atoms with E-state index in [-0.39, 0.29) is 5.92 Å². The highest BCUT2D eigenvalue weighted by molar-refractivity contribution is 6.05. The number of ketones is 1. The maximum Gasteiger partial charge on any atom is 0.159 e. The largest absolute Gasteiger partial charge is 0.384 e. The average molecular weight is 421 g/mol. The van der Waals surface area contributed by atoms with Gasteiger partial charge in [-0.05, 0) is 61.8 Å². The topological polar surface area (TPSA) is 71.1 Å². The van der Waals surface area contributed by atoms with Crippen LogP contribution in [0.4, 0.5) is 0 Å². The second-order valence-electron chi connectivity index (χ2n) is 9.27. The van der Waals surface area contributed by atoms with Crippen LogP contribution in [0.15, 0.2) is 30.7 Å². The van der Waals surface area contributed by atoms with Gasteiger partial charge in [-0.3, -0.25) is 9.69 Å². The number of nitrogens with one attached hydrogen (secondary N) is 1. The van der Waals surface area contributed by atoms with Crippen LogP contribution >= 0.6 is 0 Å². The first-order valence-corrected chi connectivity index (χ1v) is 11.7. The lowest BCUT2D eigenvalue weighted by Crippen LogP contribution is -2.45. The Labute approximate surface area is 183 Å². The summed E-state index contributed by atoms with van der Waals surface area (Å²) in [5.41, 5.74) is 3.17. The number of nitrogens with zero attached hydrogens (tertiary/aromatic N) is 3. The van der Waals surface area contributed by atoms with Crippen molar-refractivity contribution in [3.63, 3.8) is 0 Å². The number of methoxy groups -OCH3 is 1. The maximum absolute atomic E-state index is 13.1. The minimum atomic E-state index is 0.111. The van der Waals surface area contributed by atoms with Gasteiger partial charge < -0.3 is 9.72 Å². The SMILES string of the molecule is CCC(=O)C1CC(c2cc[nH]c3cnc4nccc4c23)CCC1N1CCC(COC)C1. The number of H-pyrrole nitrogens is 1. The lowest BCUT2D eigenvalue weighted by Gasteiger charge is -2.41. The van der Waals surface area contributed by atoms with Crippen LogP contribution in [0, 0.1) is 11.8 Å². The lowest BCUT2D eigenvalue weighted by atomic mass is 9.72. The third-order valence-electron chi connectivity index (χ3n) is 7.53. The zero-order chi connectivity index (χ0) is 21.4. The molecule has 1 saturated carbocycles. The van der Waals surface area contributed by atoms with E-state index in [2.05, 4.69) is 32.0 Å². The number of carbonyl (C=O) groups excluding carboxylic acids is 1. The van der Waals surface area contributed by atoms with E-state index in [1.54, 1.807) is 7.11 Å². The molecule has 0 aromatic carbocycles. The second kappa shape index (κ2) is 8.67. The Morgan fingerprint density at radius 1 is 1.26 bits per heavy atom. The first-order chi connectivity index (χ1) is 15.2. The van der Waals surface area contributed by atoms with Crippen molar-refractivity contribution in [2.45, 2.75) is 51.0 Å². The van der Waals surface area contributed by atoms with Gasteiger partial charge in [0.2, 0.25) is 0 Å². The number of hydrogen-bond acceptors (Lipinski definition) is 5. The molecule has 2 fully saturated rings. The summed E-state index contributed by atoms with van der Waals surface area (Å²) in [6.45, 7) is 4.98. The van der Waals surface area contributed by atoms with Gasteiger partial charge in [0.15, 0.2) is 5.65 Å². The molecule has 4 heterocycles. The van der Waals surface area contributed by atoms with Gasteiger partial charge in [0, 0.05) is 55.2 Å². The Morgan fingerprint density at radius 3 is 3.00 bits per heavy atom. The van der Waals surface area contributed by atoms with Crippen molar-refractivity contribution in [2.75, 3.05) is 26.8 Å². The maximum atomic E-state index is 13.1. The Hall–Kier alpha value is -2.31. The Bertz CT molecular complexity index is 1080. The first kappa shape index (κ1) is 20.6. The monoisotopic (exact) mass is 420 g/mol. The zero-order valence-electron chi connectivity index (χ0n) is 18.5. The smallest absolute Gasteiger partial charge is 0.159 e. The van der Waals surface area contributed by atoms with Gasteiger partial charge in [-0.1, -0.05) is 6.92 Å². The van der Waals surface area contributed by atoms with Crippen LogP contribution in [0.25, 0.3) is 21.9 Å². The van der Waals surface area contributed by atoms with Gasteiger partial charge in [0.1, 0.15) is 5.78 Å². The molecule has 0 spiro atoms. The van der Waals surface area contributed by atoms with Crippen molar-refractivity contribution in [2.24, 2.45) is 11.8 Å². The van der Waals surface area contributed by atoms with Crippen LogP contribution in [0.5, 0.6) is 0 Å². The fourth-order valence-corrected chi connectivity index (χ4v) is 6.04. The van der Waals surface area contributed by atoms with E-state index in [1.165, 1.54) is 17.4 Å². The number of pyridine rings is 2. The molecule has 31 heavy (non-hydrogen) atoms. The molecule has 0 amide bonds. The van der Waals surface area contributed by atoms with Gasteiger partial charge in [-0.2, -0.15) is 0 Å². The van der Waals surface area contributed by atoms with Crippen molar-refractivity contribution in [3.05, 3.63) is 36.3 Å². The molecule has 0 bridgehead atoms. The number of ether oxygens (including phenoxy) is 1. The standard InChI is InChI=1S/C25H32N4O2/c1-3-23(30)20-12-17(4-5-22(20)29-11-8-16(14-29)15-31-2)18-6-9-26-21-13-28-25-19(24(18)21)7-10-27-25/h6-7,9-10,13,16-17,20,22,26H,3-5,8,11-12,14-15H2,1-2H3. The zero-order valence-corrected chi connectivity index (χ0v) is 18.5. The molecule has 6 nitrogen and oxygen atoms in total. The Balaban J connectivity index is 1.45. The van der Waals surface area contributed by atoms with Gasteiger partial charge in [-0.15, -0.1) is 0 Å². The minimum Gasteiger partial charge on any atom is -0.384 e. The lowest BCUT2D eigenvalue weighted by molar-refractivity contribution is -0.126. The van der Waals surface area contributed by atoms with Gasteiger partial charge in [-0.25, -0.2) is 9.97 Å². The number of fused-ring (bicyclic) bond motifs is 3. The van der Waals surface area contributed by atoms with Gasteiger partial charge >= 0.3 is 0 Å². The molecule has 1 aliphatic heterocycles. The highest BCUT2D eigenvalue weighted by atomic mass is 16.5. The first-order valence-electron chi connectivity index (χ1n) is 11.7. The molecule has 1 aliphatic carbocycles. The van der Waals surface area contributed by atoms with Crippen molar-refractivity contribution in [1.29, 1.82) is 0 Å². The van der Waals surface area contributed by atoms with E-state index in [0.717, 1.165) is 55.5 Å². The van der Waals surface area contributed by atoms with E-state index >= 15 is 0 Å². The highest BCUT2D eigenvalue weighted by Crippen LogP contribution is 2.43. The summed E-state index contributed by atoms with van der Waals surface area (Å²) in [5.74, 6) is 1.50. The normalized spacial score (nSPS) is 27.3. The van der Waals surface area contributed by atoms with E-state index in [9.17, 15) is 4.79 Å². The van der Waals surface area contributed by atoms with Crippen molar-refractivity contribution >= 4 is 27.7 Å². The molecule has 164 valence electrons. The van der Waals surface area contributed by atoms with Crippen molar-refractivity contribution in [3.8, 4) is 0 Å². The fourth-order valence-electron chi connectivity index (χ4n) is 6.04. The van der Waals surface area contributed by atoms with Crippen LogP contribution < -0.4 is 0 Å². The number of hydrogen-bond donors (Lipinski definition) is 1. The number of likely N-dealkylation sites (tertiary alicyclic amines) is 1. The Morgan fingerprint density at radius 2 is 2.16 bits per heavy atom. The van der Waals surface area contributed by atoms with E-state index < -0.39 is 0 Å². The van der Waals surface area contributed by atoms with E-state index in [4.69, 9.17) is 4.74 Å². The summed E-state index contributed by atoms with van der Waals surface area (Å²) >= 11 is 0. The minimum absolute atomic E-state index is 0.111. The number of carbonyl (C=O) groups is 1. The van der Waals surface area contributed by atoms with Crippen LogP contribution in [0.3, 0.4) is 0 Å². The summed E-state index contributed by atoms with van der Waals surface area (Å²) in [4.78, 5) is 27.9. The molecular weight excluding hydrogens is 388 g/mol. The molecule has 2 aliphatic rings. The van der Waals surface area contributed by atoms with Gasteiger partial charge in [0.05, 0.1) is 18.3 Å². The van der Waals surface area contributed by atoms with Crippen molar-refractivity contribution in [1.82, 2.24) is 19.9 Å². The second-order valence-corrected chi connectivity index (χ2v) is 9.27. The molecule has 4 unspecified atom stereocenters. The summed E-state index contributed by atoms with van der Waals surface area (Å²) in [7, 11) is 1.79. The Kier molecular flexibility index (Phi) is 5.76. The predicted molar refractivity (Wildman–Crippen MR) is 122 cm³/mol. The summed E-state index contributed by atoms with van der Waals surface area (Å²) < 4.78 is 5.39. The van der Waals surface area contributed by atoms with Gasteiger partial charge in [0.25, 0.3) is 0 Å². The number of aromatic amines is 1. The summed E-state index contributed by atoms with van der Waals surface area (Å²) in [6.07, 6.45) is 10.6. The number of rotatable bonds is 6. The van der Waals surface area contributed by atoms with Crippen LogP contribution in [0.1, 0.15) is 50.5 Å². The third-order valence-corrected chi connectivity index (χ3v) is 7.53. The summed E-state index contributed by atoms with van der Waals surface area (Å²) in [5, 5.41) is 2.32.